The fraction of sp³-hybridized carbons (Fsp3) is 0.793. The number of aromatic hydroxyl groups is 1. The van der Waals surface area contributed by atoms with Crippen molar-refractivity contribution in [1.82, 2.24) is 0 Å². The minimum Gasteiger partial charge on any atom is -0.507 e. The maximum absolute atomic E-state index is 13.9. The normalized spacial score (nSPS) is 34.1. The van der Waals surface area contributed by atoms with Crippen LogP contribution in [0.4, 0.5) is 13.2 Å². The van der Waals surface area contributed by atoms with Gasteiger partial charge in [0.05, 0.1) is 6.10 Å². The molecule has 3 saturated carbocycles. The number of rotatable bonds is 5. The molecular weight excluding hydrogens is 437 g/mol. The fourth-order valence-corrected chi connectivity index (χ4v) is 7.50. The van der Waals surface area contributed by atoms with Gasteiger partial charge in [0, 0.05) is 5.56 Å². The predicted molar refractivity (Wildman–Crippen MR) is 130 cm³/mol. The molecule has 0 amide bonds. The number of alkyl halides is 3. The molecule has 0 aromatic heterocycles. The predicted octanol–water partition coefficient (Wildman–Crippen LogP) is 8.76. The van der Waals surface area contributed by atoms with Gasteiger partial charge in [0.1, 0.15) is 11.3 Å². The standard InChI is InChI=1S/C29H43F3O2/c1-3-26(33)25-17-16-24(27(28(25)34)29(30,31)32)23-14-12-22(13-15-23)21-10-8-20(9-11-21)19-6-4-18(2)5-7-19/h16-23,26,33-34H,3-15H2,1-2H3. The summed E-state index contributed by atoms with van der Waals surface area (Å²) in [6.45, 7) is 4.07. The molecule has 0 saturated heterocycles. The Morgan fingerprint density at radius 1 is 0.794 bits per heavy atom. The quantitative estimate of drug-likeness (QED) is 0.442. The van der Waals surface area contributed by atoms with Gasteiger partial charge in [0.25, 0.3) is 0 Å². The van der Waals surface area contributed by atoms with Crippen LogP contribution in [0.3, 0.4) is 0 Å². The van der Waals surface area contributed by atoms with E-state index in [0.29, 0.717) is 5.92 Å². The molecule has 3 aliphatic rings. The van der Waals surface area contributed by atoms with E-state index >= 15 is 0 Å². The zero-order valence-corrected chi connectivity index (χ0v) is 20.9. The lowest BCUT2D eigenvalue weighted by Crippen LogP contribution is -2.29. The van der Waals surface area contributed by atoms with E-state index in [4.69, 9.17) is 0 Å². The first kappa shape index (κ1) is 25.9. The van der Waals surface area contributed by atoms with Gasteiger partial charge in [0.2, 0.25) is 0 Å². The fourth-order valence-electron chi connectivity index (χ4n) is 7.50. The molecule has 192 valence electrons. The molecule has 3 fully saturated rings. The van der Waals surface area contributed by atoms with Crippen molar-refractivity contribution < 1.29 is 23.4 Å². The molecule has 2 nitrogen and oxygen atoms in total. The molecule has 0 aliphatic heterocycles. The zero-order valence-electron chi connectivity index (χ0n) is 20.9. The number of hydrogen-bond donors (Lipinski definition) is 2. The molecule has 2 N–H and O–H groups in total. The van der Waals surface area contributed by atoms with Crippen LogP contribution in [-0.2, 0) is 6.18 Å². The van der Waals surface area contributed by atoms with Crippen LogP contribution in [0.25, 0.3) is 0 Å². The lowest BCUT2D eigenvalue weighted by Gasteiger charge is -2.41. The van der Waals surface area contributed by atoms with Gasteiger partial charge >= 0.3 is 6.18 Å². The minimum absolute atomic E-state index is 0.0172. The molecule has 0 spiro atoms. The second-order valence-electron chi connectivity index (χ2n) is 11.7. The number of benzene rings is 1. The van der Waals surface area contributed by atoms with Crippen molar-refractivity contribution in [2.45, 2.75) is 116 Å². The van der Waals surface area contributed by atoms with Crippen LogP contribution in [0, 0.1) is 29.6 Å². The van der Waals surface area contributed by atoms with Crippen molar-refractivity contribution in [1.29, 1.82) is 0 Å². The number of halogens is 3. The van der Waals surface area contributed by atoms with Crippen molar-refractivity contribution in [2.24, 2.45) is 29.6 Å². The van der Waals surface area contributed by atoms with Crippen LogP contribution in [0.1, 0.15) is 126 Å². The van der Waals surface area contributed by atoms with Crippen molar-refractivity contribution in [2.75, 3.05) is 0 Å². The third kappa shape index (κ3) is 5.60. The highest BCUT2D eigenvalue weighted by Crippen LogP contribution is 2.50. The van der Waals surface area contributed by atoms with E-state index in [1.165, 1.54) is 63.5 Å². The van der Waals surface area contributed by atoms with Crippen LogP contribution in [0.2, 0.25) is 0 Å². The van der Waals surface area contributed by atoms with Crippen LogP contribution in [0.15, 0.2) is 12.1 Å². The lowest BCUT2D eigenvalue weighted by atomic mass is 9.64. The molecule has 1 unspecified atom stereocenters. The molecule has 1 aromatic rings. The first-order valence-electron chi connectivity index (χ1n) is 13.8. The van der Waals surface area contributed by atoms with E-state index in [0.717, 1.165) is 49.4 Å². The summed E-state index contributed by atoms with van der Waals surface area (Å²) >= 11 is 0. The number of phenolic OH excluding ortho intramolecular Hbond substituents is 1. The van der Waals surface area contributed by atoms with E-state index in [1.807, 2.05) is 0 Å². The second kappa shape index (κ2) is 10.8. The Morgan fingerprint density at radius 3 is 1.68 bits per heavy atom. The summed E-state index contributed by atoms with van der Waals surface area (Å²) in [5.41, 5.74) is -0.731. The minimum atomic E-state index is -4.63. The molecule has 3 aliphatic carbocycles. The number of hydrogen-bond acceptors (Lipinski definition) is 2. The van der Waals surface area contributed by atoms with Crippen molar-refractivity contribution >= 4 is 0 Å². The van der Waals surface area contributed by atoms with Crippen molar-refractivity contribution in [3.63, 3.8) is 0 Å². The first-order chi connectivity index (χ1) is 16.2. The summed E-state index contributed by atoms with van der Waals surface area (Å²) in [5, 5.41) is 20.5. The summed E-state index contributed by atoms with van der Waals surface area (Å²) in [7, 11) is 0. The molecule has 4 rings (SSSR count). The maximum Gasteiger partial charge on any atom is 0.420 e. The number of aliphatic hydroxyl groups is 1. The third-order valence-corrected chi connectivity index (χ3v) is 9.69. The van der Waals surface area contributed by atoms with Gasteiger partial charge in [-0.15, -0.1) is 0 Å². The van der Waals surface area contributed by atoms with Crippen LogP contribution in [0.5, 0.6) is 5.75 Å². The summed E-state index contributed by atoms with van der Waals surface area (Å²) < 4.78 is 41.8. The Bertz CT molecular complexity index is 796. The van der Waals surface area contributed by atoms with Crippen molar-refractivity contribution in [3.05, 3.63) is 28.8 Å². The van der Waals surface area contributed by atoms with Gasteiger partial charge in [-0.05, 0) is 112 Å². The largest absolute Gasteiger partial charge is 0.507 e. The molecule has 34 heavy (non-hydrogen) atoms. The summed E-state index contributed by atoms with van der Waals surface area (Å²) in [5.74, 6) is 3.13. The molecule has 0 heterocycles. The average molecular weight is 481 g/mol. The lowest BCUT2D eigenvalue weighted by molar-refractivity contribution is -0.139. The average Bonchev–Trinajstić information content (AvgIpc) is 2.83. The topological polar surface area (TPSA) is 40.5 Å². The molecular formula is C29H43F3O2. The number of phenols is 1. The zero-order chi connectivity index (χ0) is 24.5. The van der Waals surface area contributed by atoms with Gasteiger partial charge in [-0.1, -0.05) is 38.8 Å². The SMILES string of the molecule is CCC(O)c1ccc(C2CCC(C3CCC(C4CCC(C)CC4)CC3)CC2)c(C(F)(F)F)c1O. The molecule has 1 aromatic carbocycles. The van der Waals surface area contributed by atoms with Gasteiger partial charge in [-0.25, -0.2) is 0 Å². The van der Waals surface area contributed by atoms with Crippen LogP contribution >= 0.6 is 0 Å². The Balaban J connectivity index is 1.36. The van der Waals surface area contributed by atoms with E-state index in [9.17, 15) is 23.4 Å². The number of aliphatic hydroxyl groups excluding tert-OH is 1. The second-order valence-corrected chi connectivity index (χ2v) is 11.7. The highest BCUT2D eigenvalue weighted by Gasteiger charge is 2.41. The molecule has 5 heteroatoms. The Kier molecular flexibility index (Phi) is 8.21. The molecule has 0 bridgehead atoms. The first-order valence-corrected chi connectivity index (χ1v) is 13.8. The summed E-state index contributed by atoms with van der Waals surface area (Å²) in [6, 6.07) is 3.01. The molecule has 1 atom stereocenters. The maximum atomic E-state index is 13.9. The van der Waals surface area contributed by atoms with Gasteiger partial charge in [0.15, 0.2) is 0 Å². The Labute approximate surface area is 203 Å². The van der Waals surface area contributed by atoms with Gasteiger partial charge < -0.3 is 10.2 Å². The van der Waals surface area contributed by atoms with E-state index in [2.05, 4.69) is 6.92 Å². The van der Waals surface area contributed by atoms with Crippen molar-refractivity contribution in [3.8, 4) is 5.75 Å². The highest BCUT2D eigenvalue weighted by molar-refractivity contribution is 5.49. The monoisotopic (exact) mass is 480 g/mol. The van der Waals surface area contributed by atoms with Gasteiger partial charge in [-0.3, -0.25) is 0 Å². The smallest absolute Gasteiger partial charge is 0.420 e. The summed E-state index contributed by atoms with van der Waals surface area (Å²) in [6.07, 6.45) is 8.90. The van der Waals surface area contributed by atoms with Crippen LogP contribution in [-0.4, -0.2) is 10.2 Å². The van der Waals surface area contributed by atoms with E-state index in [1.54, 1.807) is 6.92 Å². The molecule has 0 radical (unpaired) electrons. The van der Waals surface area contributed by atoms with Gasteiger partial charge in [-0.2, -0.15) is 13.2 Å². The Morgan fingerprint density at radius 2 is 1.24 bits per heavy atom. The highest BCUT2D eigenvalue weighted by atomic mass is 19.4. The van der Waals surface area contributed by atoms with Crippen LogP contribution < -0.4 is 0 Å². The Hall–Kier alpha value is -1.23. The summed E-state index contributed by atoms with van der Waals surface area (Å²) in [4.78, 5) is 0. The van der Waals surface area contributed by atoms with E-state index < -0.39 is 23.6 Å². The third-order valence-electron chi connectivity index (χ3n) is 9.69. The van der Waals surface area contributed by atoms with E-state index in [-0.39, 0.29) is 23.5 Å².